The van der Waals surface area contributed by atoms with E-state index in [1.165, 1.54) is 11.3 Å². The van der Waals surface area contributed by atoms with Crippen LogP contribution in [0.5, 0.6) is 0 Å². The molecule has 1 aromatic carbocycles. The minimum Gasteiger partial charge on any atom is -0.366 e. The lowest BCUT2D eigenvalue weighted by molar-refractivity contribution is 0.390. The van der Waals surface area contributed by atoms with Crippen molar-refractivity contribution in [2.75, 3.05) is 24.5 Å². The highest BCUT2D eigenvalue weighted by atomic mass is 15.2. The zero-order chi connectivity index (χ0) is 11.5. The first kappa shape index (κ1) is 11.5. The normalized spacial score (nSPS) is 21.5. The van der Waals surface area contributed by atoms with Gasteiger partial charge in [0.1, 0.15) is 0 Å². The number of aryl methyl sites for hydroxylation is 1. The second-order valence-corrected chi connectivity index (χ2v) is 5.05. The Bertz CT molecular complexity index is 346. The van der Waals surface area contributed by atoms with Crippen LogP contribution in [0.4, 0.5) is 5.69 Å². The molecule has 2 rings (SSSR count). The van der Waals surface area contributed by atoms with Gasteiger partial charge in [0.25, 0.3) is 0 Å². The predicted octanol–water partition coefficient (Wildman–Crippen LogP) is 2.43. The highest BCUT2D eigenvalue weighted by Gasteiger charge is 2.24. The van der Waals surface area contributed by atoms with Crippen LogP contribution in [0.2, 0.25) is 0 Å². The molecule has 1 saturated heterocycles. The Hall–Kier alpha value is -1.02. The molecule has 0 spiro atoms. The van der Waals surface area contributed by atoms with Gasteiger partial charge in [-0.3, -0.25) is 0 Å². The van der Waals surface area contributed by atoms with E-state index in [1.807, 2.05) is 0 Å². The molecule has 2 nitrogen and oxygen atoms in total. The van der Waals surface area contributed by atoms with Crippen LogP contribution in [0.1, 0.15) is 19.4 Å². The third-order valence-corrected chi connectivity index (χ3v) is 3.39. The van der Waals surface area contributed by atoms with Crippen molar-refractivity contribution < 1.29 is 0 Å². The number of anilines is 1. The average molecular weight is 218 g/mol. The van der Waals surface area contributed by atoms with Crippen LogP contribution in [-0.2, 0) is 0 Å². The maximum absolute atomic E-state index is 3.49. The van der Waals surface area contributed by atoms with Gasteiger partial charge < -0.3 is 10.2 Å². The molecule has 0 aromatic heterocycles. The number of nitrogens with zero attached hydrogens (tertiary/aromatic N) is 1. The van der Waals surface area contributed by atoms with E-state index >= 15 is 0 Å². The fourth-order valence-corrected chi connectivity index (χ4v) is 2.45. The standard InChI is InChI=1S/C14H22N2/c1-11(2)14-10-15-7-8-16(14)13-6-4-5-12(3)9-13/h4-6,9,11,14-15H,7-8,10H2,1-3H3. The Morgan fingerprint density at radius 1 is 1.38 bits per heavy atom. The molecule has 0 aliphatic carbocycles. The first-order valence-corrected chi connectivity index (χ1v) is 6.22. The van der Waals surface area contributed by atoms with E-state index in [9.17, 15) is 0 Å². The number of hydrogen-bond acceptors (Lipinski definition) is 2. The summed E-state index contributed by atoms with van der Waals surface area (Å²) in [6.45, 7) is 10.1. The molecule has 0 radical (unpaired) electrons. The van der Waals surface area contributed by atoms with Gasteiger partial charge in [0, 0.05) is 31.4 Å². The van der Waals surface area contributed by atoms with Gasteiger partial charge in [-0.05, 0) is 30.5 Å². The molecule has 0 amide bonds. The molecule has 2 heteroatoms. The summed E-state index contributed by atoms with van der Waals surface area (Å²) in [4.78, 5) is 2.55. The first-order chi connectivity index (χ1) is 7.68. The lowest BCUT2D eigenvalue weighted by atomic mass is 9.99. The summed E-state index contributed by atoms with van der Waals surface area (Å²) in [7, 11) is 0. The summed E-state index contributed by atoms with van der Waals surface area (Å²) in [5.74, 6) is 0.688. The number of nitrogens with one attached hydrogen (secondary N) is 1. The van der Waals surface area contributed by atoms with Crippen molar-refractivity contribution in [2.45, 2.75) is 26.8 Å². The fourth-order valence-electron chi connectivity index (χ4n) is 2.45. The van der Waals surface area contributed by atoms with Crippen LogP contribution in [-0.4, -0.2) is 25.7 Å². The van der Waals surface area contributed by atoms with Crippen LogP contribution >= 0.6 is 0 Å². The van der Waals surface area contributed by atoms with Crippen molar-refractivity contribution in [2.24, 2.45) is 5.92 Å². The van der Waals surface area contributed by atoms with E-state index in [2.05, 4.69) is 55.3 Å². The summed E-state index contributed by atoms with van der Waals surface area (Å²) in [6, 6.07) is 9.46. The van der Waals surface area contributed by atoms with Crippen molar-refractivity contribution in [3.8, 4) is 0 Å². The molecule has 1 fully saturated rings. The van der Waals surface area contributed by atoms with Gasteiger partial charge in [0.05, 0.1) is 0 Å². The molecule has 1 unspecified atom stereocenters. The van der Waals surface area contributed by atoms with E-state index in [0.29, 0.717) is 12.0 Å². The van der Waals surface area contributed by atoms with Crippen molar-refractivity contribution >= 4 is 5.69 Å². The highest BCUT2D eigenvalue weighted by molar-refractivity contribution is 5.50. The third kappa shape index (κ3) is 2.38. The minimum atomic E-state index is 0.621. The molecule has 1 N–H and O–H groups in total. The molecule has 0 saturated carbocycles. The van der Waals surface area contributed by atoms with E-state index in [1.54, 1.807) is 0 Å². The Balaban J connectivity index is 2.23. The lowest BCUT2D eigenvalue weighted by Crippen LogP contribution is -2.53. The topological polar surface area (TPSA) is 15.3 Å². The van der Waals surface area contributed by atoms with Crippen LogP contribution in [0.3, 0.4) is 0 Å². The Morgan fingerprint density at radius 2 is 2.19 bits per heavy atom. The van der Waals surface area contributed by atoms with Crippen LogP contribution in [0.15, 0.2) is 24.3 Å². The van der Waals surface area contributed by atoms with Crippen molar-refractivity contribution in [3.05, 3.63) is 29.8 Å². The van der Waals surface area contributed by atoms with Gasteiger partial charge in [-0.25, -0.2) is 0 Å². The molecule has 1 atom stereocenters. The SMILES string of the molecule is Cc1cccc(N2CCNCC2C(C)C)c1. The summed E-state index contributed by atoms with van der Waals surface area (Å²) in [5, 5.41) is 3.49. The largest absolute Gasteiger partial charge is 0.366 e. The molecule has 16 heavy (non-hydrogen) atoms. The van der Waals surface area contributed by atoms with E-state index in [4.69, 9.17) is 0 Å². The maximum Gasteiger partial charge on any atom is 0.0438 e. The number of rotatable bonds is 2. The number of piperazine rings is 1. The van der Waals surface area contributed by atoms with Crippen LogP contribution < -0.4 is 10.2 Å². The molecule has 1 heterocycles. The zero-order valence-corrected chi connectivity index (χ0v) is 10.5. The third-order valence-electron chi connectivity index (χ3n) is 3.39. The van der Waals surface area contributed by atoms with Crippen LogP contribution in [0.25, 0.3) is 0 Å². The summed E-state index contributed by atoms with van der Waals surface area (Å²) < 4.78 is 0. The van der Waals surface area contributed by atoms with Crippen molar-refractivity contribution in [1.29, 1.82) is 0 Å². The average Bonchev–Trinajstić information content (AvgIpc) is 2.29. The van der Waals surface area contributed by atoms with Crippen molar-refractivity contribution in [3.63, 3.8) is 0 Å². The molecular formula is C14H22N2. The lowest BCUT2D eigenvalue weighted by Gasteiger charge is -2.40. The molecule has 88 valence electrons. The zero-order valence-electron chi connectivity index (χ0n) is 10.5. The Labute approximate surface area is 98.7 Å². The Kier molecular flexibility index (Phi) is 3.49. The second kappa shape index (κ2) is 4.88. The smallest absolute Gasteiger partial charge is 0.0438 e. The summed E-state index contributed by atoms with van der Waals surface area (Å²) in [5.41, 5.74) is 2.72. The number of hydrogen-bond donors (Lipinski definition) is 1. The van der Waals surface area contributed by atoms with Gasteiger partial charge in [0.2, 0.25) is 0 Å². The van der Waals surface area contributed by atoms with E-state index < -0.39 is 0 Å². The Morgan fingerprint density at radius 3 is 2.88 bits per heavy atom. The fraction of sp³-hybridized carbons (Fsp3) is 0.571. The summed E-state index contributed by atoms with van der Waals surface area (Å²) in [6.07, 6.45) is 0. The van der Waals surface area contributed by atoms with Gasteiger partial charge >= 0.3 is 0 Å². The van der Waals surface area contributed by atoms with Gasteiger partial charge in [-0.1, -0.05) is 26.0 Å². The molecular weight excluding hydrogens is 196 g/mol. The van der Waals surface area contributed by atoms with Gasteiger partial charge in [0.15, 0.2) is 0 Å². The quantitative estimate of drug-likeness (QED) is 0.820. The first-order valence-electron chi connectivity index (χ1n) is 6.22. The predicted molar refractivity (Wildman–Crippen MR) is 70.0 cm³/mol. The molecule has 0 bridgehead atoms. The van der Waals surface area contributed by atoms with E-state index in [-0.39, 0.29) is 0 Å². The molecule has 1 aliphatic heterocycles. The molecule has 1 aromatic rings. The second-order valence-electron chi connectivity index (χ2n) is 5.05. The van der Waals surface area contributed by atoms with Gasteiger partial charge in [-0.2, -0.15) is 0 Å². The number of benzene rings is 1. The maximum atomic E-state index is 3.49. The van der Waals surface area contributed by atoms with Crippen LogP contribution in [0, 0.1) is 12.8 Å². The van der Waals surface area contributed by atoms with E-state index in [0.717, 1.165) is 19.6 Å². The minimum absolute atomic E-state index is 0.621. The molecule has 1 aliphatic rings. The van der Waals surface area contributed by atoms with Gasteiger partial charge in [-0.15, -0.1) is 0 Å². The monoisotopic (exact) mass is 218 g/mol. The van der Waals surface area contributed by atoms with Crippen molar-refractivity contribution in [1.82, 2.24) is 5.32 Å². The highest BCUT2D eigenvalue weighted by Crippen LogP contribution is 2.23. The summed E-state index contributed by atoms with van der Waals surface area (Å²) >= 11 is 0.